The largest absolute Gasteiger partial charge is 0.342 e. The molecule has 2 aliphatic rings. The number of carbonyl (C=O) groups is 2. The number of hydrogen-bond acceptors (Lipinski definition) is 3. The van der Waals surface area contributed by atoms with Crippen LogP contribution < -0.4 is 5.32 Å². The first-order chi connectivity index (χ1) is 9.20. The minimum Gasteiger partial charge on any atom is -0.342 e. The van der Waals surface area contributed by atoms with Crippen LogP contribution in [0.25, 0.3) is 0 Å². The fraction of sp³-hybridized carbons (Fsp3) is 0.571. The summed E-state index contributed by atoms with van der Waals surface area (Å²) in [4.78, 5) is 27.4. The SMILES string of the molecule is CCC(c1cccs1)N1CC(=O)NC(C2CC2)C1=O. The van der Waals surface area contributed by atoms with E-state index < -0.39 is 0 Å². The van der Waals surface area contributed by atoms with Gasteiger partial charge in [0.25, 0.3) is 0 Å². The van der Waals surface area contributed by atoms with Crippen molar-refractivity contribution in [3.63, 3.8) is 0 Å². The first-order valence-electron chi connectivity index (χ1n) is 6.84. The quantitative estimate of drug-likeness (QED) is 0.915. The molecule has 102 valence electrons. The standard InChI is InChI=1S/C14H18N2O2S/c1-2-10(11-4-3-7-19-11)16-8-12(17)15-13(14(16)18)9-5-6-9/h3-4,7,9-10,13H,2,5-6,8H2,1H3,(H,15,17). The lowest BCUT2D eigenvalue weighted by atomic mass is 10.0. The molecule has 2 heterocycles. The highest BCUT2D eigenvalue weighted by Crippen LogP contribution is 2.37. The molecular formula is C14H18N2O2S. The van der Waals surface area contributed by atoms with E-state index in [2.05, 4.69) is 12.2 Å². The summed E-state index contributed by atoms with van der Waals surface area (Å²) in [5, 5.41) is 4.87. The maximum absolute atomic E-state index is 12.6. The van der Waals surface area contributed by atoms with Gasteiger partial charge in [-0.25, -0.2) is 0 Å². The molecule has 1 N–H and O–H groups in total. The molecule has 5 heteroatoms. The molecule has 2 fully saturated rings. The highest BCUT2D eigenvalue weighted by atomic mass is 32.1. The zero-order chi connectivity index (χ0) is 13.4. The van der Waals surface area contributed by atoms with Crippen molar-refractivity contribution in [2.75, 3.05) is 6.54 Å². The summed E-state index contributed by atoms with van der Waals surface area (Å²) in [6, 6.07) is 3.80. The van der Waals surface area contributed by atoms with E-state index in [9.17, 15) is 9.59 Å². The van der Waals surface area contributed by atoms with Gasteiger partial charge in [-0.2, -0.15) is 0 Å². The second kappa shape index (κ2) is 4.96. The number of hydrogen-bond donors (Lipinski definition) is 1. The third-order valence-electron chi connectivity index (χ3n) is 3.91. The van der Waals surface area contributed by atoms with E-state index in [0.29, 0.717) is 5.92 Å². The molecule has 0 spiro atoms. The van der Waals surface area contributed by atoms with Crippen molar-refractivity contribution in [2.45, 2.75) is 38.3 Å². The third kappa shape index (κ3) is 2.39. The molecule has 0 bridgehead atoms. The zero-order valence-electron chi connectivity index (χ0n) is 11.0. The number of nitrogens with zero attached hydrogens (tertiary/aromatic N) is 1. The predicted octanol–water partition coefficient (Wildman–Crippen LogP) is 1.94. The normalized spacial score (nSPS) is 25.3. The summed E-state index contributed by atoms with van der Waals surface area (Å²) in [7, 11) is 0. The number of amides is 2. The Hall–Kier alpha value is -1.36. The molecule has 3 rings (SSSR count). The second-order valence-corrected chi connectivity index (χ2v) is 6.27. The smallest absolute Gasteiger partial charge is 0.246 e. The number of piperazine rings is 1. The fourth-order valence-corrected chi connectivity index (χ4v) is 3.68. The summed E-state index contributed by atoms with van der Waals surface area (Å²) in [6.45, 7) is 2.26. The van der Waals surface area contributed by atoms with Gasteiger partial charge in [0.2, 0.25) is 11.8 Å². The van der Waals surface area contributed by atoms with Gasteiger partial charge >= 0.3 is 0 Å². The second-order valence-electron chi connectivity index (χ2n) is 5.29. The van der Waals surface area contributed by atoms with Gasteiger partial charge < -0.3 is 10.2 Å². The Labute approximate surface area is 116 Å². The van der Waals surface area contributed by atoms with E-state index in [1.54, 1.807) is 16.2 Å². The van der Waals surface area contributed by atoms with Crippen LogP contribution in [0.5, 0.6) is 0 Å². The van der Waals surface area contributed by atoms with E-state index in [-0.39, 0.29) is 30.4 Å². The number of carbonyl (C=O) groups excluding carboxylic acids is 2. The molecule has 1 saturated heterocycles. The minimum atomic E-state index is -0.282. The fourth-order valence-electron chi connectivity index (χ4n) is 2.76. The van der Waals surface area contributed by atoms with Crippen LogP contribution in [0.3, 0.4) is 0 Å². The van der Waals surface area contributed by atoms with Crippen molar-refractivity contribution in [1.29, 1.82) is 0 Å². The Balaban J connectivity index is 1.84. The third-order valence-corrected chi connectivity index (χ3v) is 4.88. The van der Waals surface area contributed by atoms with Gasteiger partial charge in [0.15, 0.2) is 0 Å². The van der Waals surface area contributed by atoms with E-state index >= 15 is 0 Å². The van der Waals surface area contributed by atoms with Gasteiger partial charge in [0.1, 0.15) is 12.6 Å². The van der Waals surface area contributed by atoms with Crippen molar-refractivity contribution < 1.29 is 9.59 Å². The maximum Gasteiger partial charge on any atom is 0.246 e. The molecule has 2 atom stereocenters. The van der Waals surface area contributed by atoms with E-state index in [0.717, 1.165) is 19.3 Å². The van der Waals surface area contributed by atoms with E-state index in [1.807, 2.05) is 17.5 Å². The van der Waals surface area contributed by atoms with Crippen LogP contribution in [0, 0.1) is 5.92 Å². The lowest BCUT2D eigenvalue weighted by molar-refractivity contribution is -0.147. The summed E-state index contributed by atoms with van der Waals surface area (Å²) >= 11 is 1.65. The van der Waals surface area contributed by atoms with E-state index in [4.69, 9.17) is 0 Å². The Morgan fingerprint density at radius 1 is 1.47 bits per heavy atom. The molecule has 1 aliphatic heterocycles. The average molecular weight is 278 g/mol. The molecular weight excluding hydrogens is 260 g/mol. The number of nitrogens with one attached hydrogen (secondary N) is 1. The van der Waals surface area contributed by atoms with Crippen molar-refractivity contribution in [3.8, 4) is 0 Å². The topological polar surface area (TPSA) is 49.4 Å². The van der Waals surface area contributed by atoms with Crippen LogP contribution >= 0.6 is 11.3 Å². The molecule has 1 aromatic rings. The van der Waals surface area contributed by atoms with Gasteiger partial charge in [-0.15, -0.1) is 11.3 Å². The first-order valence-corrected chi connectivity index (χ1v) is 7.72. The molecule has 19 heavy (non-hydrogen) atoms. The lowest BCUT2D eigenvalue weighted by Gasteiger charge is -2.37. The summed E-state index contributed by atoms with van der Waals surface area (Å²) in [6.07, 6.45) is 2.96. The minimum absolute atomic E-state index is 0.0218. The van der Waals surface area contributed by atoms with Crippen molar-refractivity contribution >= 4 is 23.2 Å². The highest BCUT2D eigenvalue weighted by molar-refractivity contribution is 7.10. The van der Waals surface area contributed by atoms with Crippen LogP contribution in [0.2, 0.25) is 0 Å². The molecule has 0 aromatic carbocycles. The molecule has 1 aromatic heterocycles. The molecule has 1 saturated carbocycles. The van der Waals surface area contributed by atoms with Crippen LogP contribution in [-0.4, -0.2) is 29.3 Å². The Morgan fingerprint density at radius 2 is 2.26 bits per heavy atom. The highest BCUT2D eigenvalue weighted by Gasteiger charge is 2.44. The number of rotatable bonds is 4. The van der Waals surface area contributed by atoms with Gasteiger partial charge in [0.05, 0.1) is 6.04 Å². The molecule has 0 radical (unpaired) electrons. The molecule has 2 amide bonds. The van der Waals surface area contributed by atoms with Crippen LogP contribution in [-0.2, 0) is 9.59 Å². The van der Waals surface area contributed by atoms with Crippen molar-refractivity contribution in [3.05, 3.63) is 22.4 Å². The number of thiophene rings is 1. The summed E-state index contributed by atoms with van der Waals surface area (Å²) < 4.78 is 0. The van der Waals surface area contributed by atoms with Gasteiger partial charge in [0, 0.05) is 4.88 Å². The first kappa shape index (κ1) is 12.7. The van der Waals surface area contributed by atoms with Crippen LogP contribution in [0.1, 0.15) is 37.1 Å². The molecule has 4 nitrogen and oxygen atoms in total. The average Bonchev–Trinajstić information content (AvgIpc) is 3.10. The maximum atomic E-state index is 12.6. The van der Waals surface area contributed by atoms with Crippen molar-refractivity contribution in [2.24, 2.45) is 5.92 Å². The molecule has 2 unspecified atom stereocenters. The van der Waals surface area contributed by atoms with Crippen molar-refractivity contribution in [1.82, 2.24) is 10.2 Å². The zero-order valence-corrected chi connectivity index (χ0v) is 11.8. The van der Waals surface area contributed by atoms with Crippen LogP contribution in [0.4, 0.5) is 0 Å². The Kier molecular flexibility index (Phi) is 3.31. The molecule has 1 aliphatic carbocycles. The Bertz CT molecular complexity index is 482. The lowest BCUT2D eigenvalue weighted by Crippen LogP contribution is -2.59. The monoisotopic (exact) mass is 278 g/mol. The Morgan fingerprint density at radius 3 is 2.84 bits per heavy atom. The summed E-state index contributed by atoms with van der Waals surface area (Å²) in [5.74, 6) is 0.439. The van der Waals surface area contributed by atoms with Gasteiger partial charge in [-0.1, -0.05) is 13.0 Å². The predicted molar refractivity (Wildman–Crippen MR) is 73.7 cm³/mol. The van der Waals surface area contributed by atoms with E-state index in [1.165, 1.54) is 4.88 Å². The van der Waals surface area contributed by atoms with Crippen LogP contribution in [0.15, 0.2) is 17.5 Å². The summed E-state index contributed by atoms with van der Waals surface area (Å²) in [5.41, 5.74) is 0. The van der Waals surface area contributed by atoms with Gasteiger partial charge in [-0.3, -0.25) is 9.59 Å². The van der Waals surface area contributed by atoms with Gasteiger partial charge in [-0.05, 0) is 36.6 Å².